The molecule has 1 aromatic rings. The van der Waals surface area contributed by atoms with E-state index in [1.807, 2.05) is 22.6 Å². The summed E-state index contributed by atoms with van der Waals surface area (Å²) in [6, 6.07) is 4.69. The lowest BCUT2D eigenvalue weighted by atomic mass is 10.3. The van der Waals surface area contributed by atoms with Crippen molar-refractivity contribution < 1.29 is 4.92 Å². The van der Waals surface area contributed by atoms with Gasteiger partial charge in [0.05, 0.1) is 10.8 Å². The van der Waals surface area contributed by atoms with Gasteiger partial charge in [-0.2, -0.15) is 0 Å². The van der Waals surface area contributed by atoms with Crippen LogP contribution in [0.25, 0.3) is 0 Å². The van der Waals surface area contributed by atoms with E-state index < -0.39 is 4.92 Å². The summed E-state index contributed by atoms with van der Waals surface area (Å²) >= 11 is 7.42. The first-order valence-electron chi connectivity index (χ1n) is 3.88. The highest BCUT2D eigenvalue weighted by molar-refractivity contribution is 14.1. The van der Waals surface area contributed by atoms with Gasteiger partial charge in [0.25, 0.3) is 5.69 Å². The Kier molecular flexibility index (Phi) is 4.28. The van der Waals surface area contributed by atoms with Crippen LogP contribution in [0.3, 0.4) is 0 Å². The highest BCUT2D eigenvalue weighted by Crippen LogP contribution is 2.31. The summed E-state index contributed by atoms with van der Waals surface area (Å²) < 4.78 is 0.662. The zero-order chi connectivity index (χ0) is 11.4. The van der Waals surface area contributed by atoms with Crippen molar-refractivity contribution in [3.63, 3.8) is 0 Å². The van der Waals surface area contributed by atoms with E-state index in [0.29, 0.717) is 3.57 Å². The molecule has 0 unspecified atom stereocenters. The SMILES string of the molecule is NC(CCl)=Nc1c(I)cccc1[N+](=O)[O-]. The maximum Gasteiger partial charge on any atom is 0.295 e. The van der Waals surface area contributed by atoms with Gasteiger partial charge in [0.15, 0.2) is 5.69 Å². The largest absolute Gasteiger partial charge is 0.386 e. The molecule has 1 aromatic carbocycles. The van der Waals surface area contributed by atoms with E-state index in [1.54, 1.807) is 12.1 Å². The van der Waals surface area contributed by atoms with E-state index in [4.69, 9.17) is 17.3 Å². The van der Waals surface area contributed by atoms with E-state index in [1.165, 1.54) is 6.07 Å². The molecule has 0 fully saturated rings. The molecule has 0 aliphatic carbocycles. The van der Waals surface area contributed by atoms with Crippen molar-refractivity contribution in [3.05, 3.63) is 31.9 Å². The Labute approximate surface area is 105 Å². The molecule has 0 aliphatic rings. The average molecular weight is 340 g/mol. The van der Waals surface area contributed by atoms with E-state index in [0.717, 1.165) is 0 Å². The highest BCUT2D eigenvalue weighted by Gasteiger charge is 2.15. The molecular weight excluding hydrogens is 332 g/mol. The molecular formula is C8H7ClIN3O2. The lowest BCUT2D eigenvalue weighted by molar-refractivity contribution is -0.384. The molecule has 2 N–H and O–H groups in total. The van der Waals surface area contributed by atoms with Crippen LogP contribution in [-0.2, 0) is 0 Å². The quantitative estimate of drug-likeness (QED) is 0.229. The van der Waals surface area contributed by atoms with E-state index in [-0.39, 0.29) is 23.1 Å². The third-order valence-electron chi connectivity index (χ3n) is 1.55. The first kappa shape index (κ1) is 12.2. The number of para-hydroxylation sites is 1. The Hall–Kier alpha value is -0.890. The molecule has 1 rings (SSSR count). The van der Waals surface area contributed by atoms with Gasteiger partial charge < -0.3 is 5.73 Å². The number of benzene rings is 1. The summed E-state index contributed by atoms with van der Waals surface area (Å²) in [5, 5.41) is 10.7. The van der Waals surface area contributed by atoms with Crippen LogP contribution in [0.5, 0.6) is 0 Å². The summed E-state index contributed by atoms with van der Waals surface area (Å²) in [6.45, 7) is 0. The number of alkyl halides is 1. The van der Waals surface area contributed by atoms with Crippen LogP contribution in [0.15, 0.2) is 23.2 Å². The Morgan fingerprint density at radius 1 is 1.67 bits per heavy atom. The molecule has 0 amide bonds. The normalized spacial score (nSPS) is 11.5. The summed E-state index contributed by atoms with van der Waals surface area (Å²) in [6.07, 6.45) is 0. The number of nitrogens with two attached hydrogens (primary N) is 1. The van der Waals surface area contributed by atoms with Gasteiger partial charge in [0.1, 0.15) is 5.84 Å². The van der Waals surface area contributed by atoms with Gasteiger partial charge in [0, 0.05) is 9.64 Å². The standard InChI is InChI=1S/C8H7ClIN3O2/c9-4-7(11)12-8-5(10)2-1-3-6(8)13(14)15/h1-3H,4H2,(H2,11,12). The van der Waals surface area contributed by atoms with Crippen molar-refractivity contribution in [1.82, 2.24) is 0 Å². The topological polar surface area (TPSA) is 81.5 Å². The fourth-order valence-electron chi connectivity index (χ4n) is 0.935. The molecule has 0 atom stereocenters. The lowest BCUT2D eigenvalue weighted by Crippen LogP contribution is -2.12. The molecule has 0 saturated heterocycles. The molecule has 80 valence electrons. The van der Waals surface area contributed by atoms with Gasteiger partial charge in [0.2, 0.25) is 0 Å². The fourth-order valence-corrected chi connectivity index (χ4v) is 1.60. The molecule has 0 aliphatic heterocycles. The van der Waals surface area contributed by atoms with Crippen LogP contribution in [0.2, 0.25) is 0 Å². The van der Waals surface area contributed by atoms with Gasteiger partial charge in [-0.3, -0.25) is 10.1 Å². The number of halogens is 2. The number of nitro benzene ring substituents is 1. The average Bonchev–Trinajstić information content (AvgIpc) is 2.20. The van der Waals surface area contributed by atoms with Crippen molar-refractivity contribution in [1.29, 1.82) is 0 Å². The third kappa shape index (κ3) is 3.03. The molecule has 0 saturated carbocycles. The van der Waals surface area contributed by atoms with Crippen molar-refractivity contribution in [2.24, 2.45) is 10.7 Å². The minimum absolute atomic E-state index is 0.0438. The number of amidine groups is 1. The number of nitrogens with zero attached hydrogens (tertiary/aromatic N) is 2. The Morgan fingerprint density at radius 2 is 2.33 bits per heavy atom. The maximum absolute atomic E-state index is 10.7. The Balaban J connectivity index is 3.31. The van der Waals surface area contributed by atoms with Gasteiger partial charge >= 0.3 is 0 Å². The molecule has 0 heterocycles. The zero-order valence-electron chi connectivity index (χ0n) is 7.48. The predicted octanol–water partition coefficient (Wildman–Crippen LogP) is 2.43. The monoisotopic (exact) mass is 339 g/mol. The summed E-state index contributed by atoms with van der Waals surface area (Å²) in [5.74, 6) is 0.200. The third-order valence-corrected chi connectivity index (χ3v) is 2.70. The summed E-state index contributed by atoms with van der Waals surface area (Å²) in [7, 11) is 0. The molecule has 5 nitrogen and oxygen atoms in total. The zero-order valence-corrected chi connectivity index (χ0v) is 10.4. The number of rotatable bonds is 3. The molecule has 0 spiro atoms. The Morgan fingerprint density at radius 3 is 2.87 bits per heavy atom. The highest BCUT2D eigenvalue weighted by atomic mass is 127. The summed E-state index contributed by atoms with van der Waals surface area (Å²) in [4.78, 5) is 14.1. The van der Waals surface area contributed by atoms with Gasteiger partial charge in [-0.1, -0.05) is 6.07 Å². The van der Waals surface area contributed by atoms with Gasteiger partial charge in [-0.25, -0.2) is 4.99 Å². The van der Waals surface area contributed by atoms with E-state index in [2.05, 4.69) is 4.99 Å². The molecule has 15 heavy (non-hydrogen) atoms. The molecule has 0 radical (unpaired) electrons. The van der Waals surface area contributed by atoms with Crippen LogP contribution in [0, 0.1) is 13.7 Å². The fraction of sp³-hybridized carbons (Fsp3) is 0.125. The number of nitro groups is 1. The van der Waals surface area contributed by atoms with Crippen LogP contribution >= 0.6 is 34.2 Å². The number of hydrogen-bond donors (Lipinski definition) is 1. The minimum atomic E-state index is -0.498. The van der Waals surface area contributed by atoms with Crippen molar-refractivity contribution in [2.45, 2.75) is 0 Å². The summed E-state index contributed by atoms with van der Waals surface area (Å²) in [5.41, 5.74) is 5.61. The van der Waals surface area contributed by atoms with Gasteiger partial charge in [-0.05, 0) is 28.7 Å². The number of hydrogen-bond acceptors (Lipinski definition) is 3. The van der Waals surface area contributed by atoms with Crippen LogP contribution in [0.4, 0.5) is 11.4 Å². The first-order chi connectivity index (χ1) is 7.06. The Bertz CT molecular complexity index is 422. The second-order valence-electron chi connectivity index (χ2n) is 2.60. The number of aliphatic imine (C=N–C) groups is 1. The van der Waals surface area contributed by atoms with Crippen molar-refractivity contribution in [2.75, 3.05) is 5.88 Å². The molecule has 0 bridgehead atoms. The van der Waals surface area contributed by atoms with Crippen LogP contribution in [-0.4, -0.2) is 16.6 Å². The maximum atomic E-state index is 10.7. The van der Waals surface area contributed by atoms with Crippen molar-refractivity contribution >= 4 is 51.4 Å². The van der Waals surface area contributed by atoms with E-state index in [9.17, 15) is 10.1 Å². The van der Waals surface area contributed by atoms with E-state index >= 15 is 0 Å². The van der Waals surface area contributed by atoms with Crippen molar-refractivity contribution in [3.8, 4) is 0 Å². The van der Waals surface area contributed by atoms with Crippen LogP contribution in [0.1, 0.15) is 0 Å². The predicted molar refractivity (Wildman–Crippen MR) is 67.8 cm³/mol. The lowest BCUT2D eigenvalue weighted by Gasteiger charge is -2.01. The van der Waals surface area contributed by atoms with Gasteiger partial charge in [-0.15, -0.1) is 11.6 Å². The smallest absolute Gasteiger partial charge is 0.295 e. The second-order valence-corrected chi connectivity index (χ2v) is 4.03. The molecule has 7 heteroatoms. The second kappa shape index (κ2) is 5.26. The first-order valence-corrected chi connectivity index (χ1v) is 5.49. The molecule has 0 aromatic heterocycles. The van der Waals surface area contributed by atoms with Crippen LogP contribution < -0.4 is 5.73 Å². The minimum Gasteiger partial charge on any atom is -0.386 e.